The van der Waals surface area contributed by atoms with E-state index in [1.54, 1.807) is 0 Å². The SMILES string of the molecule is O=C(O)CCC[c-]1cccc1.[Fe].[cH-]1[cH-][cH-][cH-][cH-]1. The summed E-state index contributed by atoms with van der Waals surface area (Å²) >= 11 is 0. The van der Waals surface area contributed by atoms with Crippen molar-refractivity contribution in [3.63, 3.8) is 0 Å². The maximum Gasteiger partial charge on any atom is 0.303 e. The molecule has 0 radical (unpaired) electrons. The smallest absolute Gasteiger partial charge is 0.303 e. The largest absolute Gasteiger partial charge is 0.748 e. The van der Waals surface area contributed by atoms with E-state index < -0.39 is 5.97 Å². The Balaban J connectivity index is 0.000000360. The van der Waals surface area contributed by atoms with Crippen LogP contribution in [0.4, 0.5) is 0 Å². The molecule has 0 heterocycles. The molecule has 0 bridgehead atoms. The van der Waals surface area contributed by atoms with E-state index in [2.05, 4.69) is 0 Å². The Morgan fingerprint density at radius 1 is 1.06 bits per heavy atom. The molecule has 0 unspecified atom stereocenters. The second-order valence-corrected chi connectivity index (χ2v) is 3.50. The predicted molar refractivity (Wildman–Crippen MR) is 64.6 cm³/mol. The zero-order valence-corrected chi connectivity index (χ0v) is 10.6. The fraction of sp³-hybridized carbons (Fsp3) is 0.214. The molecule has 0 fully saturated rings. The van der Waals surface area contributed by atoms with E-state index in [1.165, 1.54) is 5.56 Å². The summed E-state index contributed by atoms with van der Waals surface area (Å²) in [5.41, 5.74) is 1.23. The number of carboxylic acid groups (broad SMARTS) is 1. The third-order valence-corrected chi connectivity index (χ3v) is 2.14. The number of carbonyl (C=O) groups is 1. The fourth-order valence-corrected chi connectivity index (χ4v) is 1.35. The number of carboxylic acids is 1. The molecule has 0 amide bonds. The maximum atomic E-state index is 10.1. The summed E-state index contributed by atoms with van der Waals surface area (Å²) in [5.74, 6) is -0.712. The Labute approximate surface area is 112 Å². The van der Waals surface area contributed by atoms with Gasteiger partial charge in [0.2, 0.25) is 0 Å². The standard InChI is InChI=1S/C9H11O2.C5H5.Fe/c10-9(11)7-3-6-8-4-1-2-5-8;1-2-4-5-3-1;/h1-2,4-5H,3,6-7H2,(H,10,11);1-5H;/q-1;-5;. The van der Waals surface area contributed by atoms with Crippen molar-refractivity contribution >= 4 is 5.97 Å². The van der Waals surface area contributed by atoms with Crippen LogP contribution < -0.4 is 0 Å². The molecule has 1 N–H and O–H groups in total. The number of hydrogen-bond acceptors (Lipinski definition) is 1. The molecular formula is C14H16FeO2-6. The van der Waals surface area contributed by atoms with Gasteiger partial charge < -0.3 is 35.4 Å². The van der Waals surface area contributed by atoms with Gasteiger partial charge in [0.25, 0.3) is 0 Å². The minimum absolute atomic E-state index is 0. The third kappa shape index (κ3) is 8.49. The van der Waals surface area contributed by atoms with Gasteiger partial charge in [-0.3, -0.25) is 4.79 Å². The van der Waals surface area contributed by atoms with E-state index in [4.69, 9.17) is 5.11 Å². The molecule has 3 heteroatoms. The monoisotopic (exact) mass is 272 g/mol. The molecule has 0 spiro atoms. The first-order valence-electron chi connectivity index (χ1n) is 5.38. The first kappa shape index (κ1) is 15.7. The van der Waals surface area contributed by atoms with Crippen LogP contribution in [0.15, 0.2) is 54.6 Å². The quantitative estimate of drug-likeness (QED) is 0.685. The van der Waals surface area contributed by atoms with Crippen molar-refractivity contribution in [3.8, 4) is 0 Å². The van der Waals surface area contributed by atoms with E-state index in [9.17, 15) is 4.79 Å². The van der Waals surface area contributed by atoms with Crippen molar-refractivity contribution < 1.29 is 27.0 Å². The first-order chi connectivity index (χ1) is 7.79. The van der Waals surface area contributed by atoms with Crippen molar-refractivity contribution in [1.82, 2.24) is 0 Å². The summed E-state index contributed by atoms with van der Waals surface area (Å²) in [7, 11) is 0. The van der Waals surface area contributed by atoms with Crippen LogP contribution in [-0.2, 0) is 28.3 Å². The van der Waals surface area contributed by atoms with Crippen LogP contribution in [0, 0.1) is 0 Å². The average Bonchev–Trinajstić information content (AvgIpc) is 2.93. The Hall–Kier alpha value is -1.31. The van der Waals surface area contributed by atoms with Gasteiger partial charge in [0.15, 0.2) is 0 Å². The molecule has 0 saturated heterocycles. The first-order valence-corrected chi connectivity index (χ1v) is 5.38. The van der Waals surface area contributed by atoms with Crippen LogP contribution in [0.5, 0.6) is 0 Å². The molecule has 0 aliphatic carbocycles. The van der Waals surface area contributed by atoms with Crippen LogP contribution in [0.25, 0.3) is 0 Å². The van der Waals surface area contributed by atoms with Crippen LogP contribution >= 0.6 is 0 Å². The van der Waals surface area contributed by atoms with E-state index in [0.29, 0.717) is 0 Å². The minimum atomic E-state index is -0.712. The number of hydrogen-bond donors (Lipinski definition) is 1. The number of aliphatic carboxylic acids is 1. The third-order valence-electron chi connectivity index (χ3n) is 2.14. The Bertz CT molecular complexity index is 346. The van der Waals surface area contributed by atoms with Gasteiger partial charge in [-0.25, -0.2) is 12.1 Å². The minimum Gasteiger partial charge on any atom is -0.748 e. The Kier molecular flexibility index (Phi) is 9.12. The van der Waals surface area contributed by atoms with Crippen molar-refractivity contribution in [2.24, 2.45) is 0 Å². The van der Waals surface area contributed by atoms with Gasteiger partial charge in [-0.2, -0.15) is 17.7 Å². The topological polar surface area (TPSA) is 37.3 Å². The van der Waals surface area contributed by atoms with Gasteiger partial charge in [0.05, 0.1) is 0 Å². The van der Waals surface area contributed by atoms with Crippen LogP contribution in [0.2, 0.25) is 0 Å². The molecule has 2 aromatic carbocycles. The fourth-order valence-electron chi connectivity index (χ4n) is 1.35. The van der Waals surface area contributed by atoms with Gasteiger partial charge in [-0.15, -0.1) is 0 Å². The predicted octanol–water partition coefficient (Wildman–Crippen LogP) is 3.22. The zero-order chi connectivity index (χ0) is 11.6. The molecule has 0 aromatic heterocycles. The molecule has 0 saturated carbocycles. The van der Waals surface area contributed by atoms with Gasteiger partial charge in [0, 0.05) is 23.5 Å². The van der Waals surface area contributed by atoms with E-state index in [0.717, 1.165) is 12.8 Å². The van der Waals surface area contributed by atoms with Gasteiger partial charge in [-0.1, -0.05) is 6.42 Å². The summed E-state index contributed by atoms with van der Waals surface area (Å²) in [6.07, 6.45) is 1.88. The molecule has 0 aliphatic heterocycles. The summed E-state index contributed by atoms with van der Waals surface area (Å²) < 4.78 is 0. The Morgan fingerprint density at radius 2 is 1.53 bits per heavy atom. The molecule has 2 aromatic rings. The Morgan fingerprint density at radius 3 is 1.94 bits per heavy atom. The average molecular weight is 272 g/mol. The number of rotatable bonds is 4. The molecule has 0 aliphatic rings. The molecular weight excluding hydrogens is 256 g/mol. The molecule has 17 heavy (non-hydrogen) atoms. The second-order valence-electron chi connectivity index (χ2n) is 3.50. The molecule has 0 atom stereocenters. The van der Waals surface area contributed by atoms with Crippen molar-refractivity contribution in [3.05, 3.63) is 60.2 Å². The maximum absolute atomic E-state index is 10.1. The van der Waals surface area contributed by atoms with Crippen LogP contribution in [-0.4, -0.2) is 11.1 Å². The summed E-state index contributed by atoms with van der Waals surface area (Å²) in [4.78, 5) is 10.1. The normalized spacial score (nSPS) is 8.71. The summed E-state index contributed by atoms with van der Waals surface area (Å²) in [6.45, 7) is 0. The zero-order valence-electron chi connectivity index (χ0n) is 9.53. The molecule has 2 nitrogen and oxygen atoms in total. The van der Waals surface area contributed by atoms with Gasteiger partial charge in [-0.05, 0) is 6.42 Å². The van der Waals surface area contributed by atoms with Crippen molar-refractivity contribution in [2.75, 3.05) is 0 Å². The van der Waals surface area contributed by atoms with E-state index >= 15 is 0 Å². The van der Waals surface area contributed by atoms with Crippen molar-refractivity contribution in [1.29, 1.82) is 0 Å². The van der Waals surface area contributed by atoms with Gasteiger partial charge in [0.1, 0.15) is 0 Å². The summed E-state index contributed by atoms with van der Waals surface area (Å²) in [6, 6.07) is 18.0. The van der Waals surface area contributed by atoms with Crippen molar-refractivity contribution in [2.45, 2.75) is 19.3 Å². The molecule has 2 rings (SSSR count). The van der Waals surface area contributed by atoms with Crippen LogP contribution in [0.1, 0.15) is 18.4 Å². The number of aryl methyl sites for hydroxylation is 1. The molecule has 98 valence electrons. The van der Waals surface area contributed by atoms with Crippen LogP contribution in [0.3, 0.4) is 0 Å². The van der Waals surface area contributed by atoms with E-state index in [1.807, 2.05) is 54.6 Å². The second kappa shape index (κ2) is 9.88. The van der Waals surface area contributed by atoms with E-state index in [-0.39, 0.29) is 23.5 Å². The summed E-state index contributed by atoms with van der Waals surface area (Å²) in [5, 5.41) is 8.34. The van der Waals surface area contributed by atoms with Gasteiger partial charge >= 0.3 is 5.97 Å².